The molecule has 6 heterocycles. The van der Waals surface area contributed by atoms with E-state index in [0.717, 1.165) is 18.5 Å². The molecule has 362 valence electrons. The molecule has 0 radical (unpaired) electrons. The van der Waals surface area contributed by atoms with Gasteiger partial charge in [0.1, 0.15) is 34.2 Å². The van der Waals surface area contributed by atoms with E-state index in [1.807, 2.05) is 34.7 Å². The highest BCUT2D eigenvalue weighted by Crippen LogP contribution is 2.34. The van der Waals surface area contributed by atoms with Gasteiger partial charge in [-0.1, -0.05) is 26.7 Å². The van der Waals surface area contributed by atoms with Crippen molar-refractivity contribution in [2.75, 3.05) is 79.7 Å². The topological polar surface area (TPSA) is 247 Å². The highest BCUT2D eigenvalue weighted by atomic mass is 32.2. The average Bonchev–Trinajstić information content (AvgIpc) is 3.78. The minimum Gasteiger partial charge on any atom is -0.633 e. The molecule has 2 aliphatic heterocycles. The first-order valence-electron chi connectivity index (χ1n) is 22.5. The molecule has 6 aromatic rings. The van der Waals surface area contributed by atoms with Crippen LogP contribution in [0.2, 0.25) is 0 Å². The lowest BCUT2D eigenvalue weighted by atomic mass is 10.1. The first kappa shape index (κ1) is 49.3. The van der Waals surface area contributed by atoms with E-state index in [1.54, 1.807) is 45.4 Å². The fourth-order valence-corrected chi connectivity index (χ4v) is 11.2. The second-order valence-corrected chi connectivity index (χ2v) is 20.8. The number of quaternary nitrogens is 1. The van der Waals surface area contributed by atoms with Crippen molar-refractivity contribution in [1.29, 1.82) is 0 Å². The van der Waals surface area contributed by atoms with Crippen molar-refractivity contribution >= 4 is 42.1 Å². The molecule has 2 saturated heterocycles. The number of hydrogen-bond donors (Lipinski definition) is 2. The minimum absolute atomic E-state index is 0.0515. The Morgan fingerprint density at radius 2 is 1.04 bits per heavy atom. The summed E-state index contributed by atoms with van der Waals surface area (Å²) in [4.78, 5) is 43.1. The van der Waals surface area contributed by atoms with Crippen LogP contribution >= 0.6 is 0 Å². The zero-order valence-electron chi connectivity index (χ0n) is 39.3. The van der Waals surface area contributed by atoms with Crippen molar-refractivity contribution in [3.63, 3.8) is 0 Å². The molecule has 2 aliphatic rings. The van der Waals surface area contributed by atoms with Crippen LogP contribution in [0.5, 0.6) is 11.5 Å². The first-order valence-corrected chi connectivity index (χ1v) is 25.4. The Bertz CT molecular complexity index is 3110. The number of H-pyrrole nitrogens is 2. The molecule has 23 heteroatoms. The molecular weight excluding hydrogens is 905 g/mol. The second kappa shape index (κ2) is 20.0. The number of ether oxygens (including phenoxy) is 2. The van der Waals surface area contributed by atoms with Crippen molar-refractivity contribution in [1.82, 2.24) is 53.0 Å². The minimum atomic E-state index is -3.85. The lowest BCUT2D eigenvalue weighted by Gasteiger charge is -2.44. The Morgan fingerprint density at radius 1 is 0.642 bits per heavy atom. The number of piperazine rings is 2. The van der Waals surface area contributed by atoms with Crippen LogP contribution in [0.3, 0.4) is 0 Å². The third kappa shape index (κ3) is 10.2. The van der Waals surface area contributed by atoms with Crippen LogP contribution in [0.25, 0.3) is 44.8 Å². The molecule has 0 unspecified atom stereocenters. The Balaban J connectivity index is 0.000000199. The van der Waals surface area contributed by atoms with Crippen LogP contribution in [0.1, 0.15) is 51.9 Å². The Hall–Kier alpha value is -5.56. The van der Waals surface area contributed by atoms with Gasteiger partial charge in [-0.05, 0) is 70.1 Å². The van der Waals surface area contributed by atoms with Crippen molar-refractivity contribution in [2.24, 2.45) is 14.1 Å². The van der Waals surface area contributed by atoms with Crippen molar-refractivity contribution in [3.8, 4) is 34.3 Å². The van der Waals surface area contributed by atoms with Crippen molar-refractivity contribution in [2.45, 2.75) is 63.2 Å². The summed E-state index contributed by atoms with van der Waals surface area (Å²) in [6, 6.07) is 9.24. The van der Waals surface area contributed by atoms with Gasteiger partial charge in [0.2, 0.25) is 20.0 Å². The third-order valence-electron chi connectivity index (χ3n) is 11.9. The van der Waals surface area contributed by atoms with Gasteiger partial charge in [0.05, 0.1) is 78.7 Å². The number of aromatic nitrogens is 8. The fraction of sp³-hybridized carbons (Fsp3) is 0.500. The zero-order valence-corrected chi connectivity index (χ0v) is 41.0. The molecule has 0 bridgehead atoms. The second-order valence-electron chi connectivity index (χ2n) is 16.9. The van der Waals surface area contributed by atoms with Gasteiger partial charge in [0.25, 0.3) is 11.1 Å². The van der Waals surface area contributed by atoms with Crippen molar-refractivity contribution < 1.29 is 31.0 Å². The predicted octanol–water partition coefficient (Wildman–Crippen LogP) is 3.23. The van der Waals surface area contributed by atoms with Gasteiger partial charge in [-0.2, -0.15) is 18.8 Å². The molecule has 0 saturated carbocycles. The van der Waals surface area contributed by atoms with Crippen molar-refractivity contribution in [3.05, 3.63) is 73.7 Å². The molecule has 0 amide bonds. The maximum absolute atomic E-state index is 13.3. The van der Waals surface area contributed by atoms with Gasteiger partial charge >= 0.3 is 0 Å². The molecule has 0 aliphatic carbocycles. The average molecular weight is 965 g/mol. The highest BCUT2D eigenvalue weighted by Gasteiger charge is 2.33. The molecule has 2 aromatic carbocycles. The number of aryl methyl sites for hydroxylation is 4. The van der Waals surface area contributed by atoms with Gasteiger partial charge in [0.15, 0.2) is 11.0 Å². The summed E-state index contributed by atoms with van der Waals surface area (Å²) in [5.74, 6) is 1.34. The number of fused-ring (bicyclic) bond motifs is 2. The normalized spacial score (nSPS) is 16.3. The Kier molecular flexibility index (Phi) is 14.7. The molecule has 67 heavy (non-hydrogen) atoms. The number of sulfonamides is 2. The van der Waals surface area contributed by atoms with Crippen LogP contribution in [0.4, 0.5) is 0 Å². The molecule has 2 fully saturated rings. The summed E-state index contributed by atoms with van der Waals surface area (Å²) in [6.07, 6.45) is 3.04. The zero-order chi connectivity index (χ0) is 48.4. The summed E-state index contributed by atoms with van der Waals surface area (Å²) in [5, 5.41) is 21.0. The lowest BCUT2D eigenvalue weighted by molar-refractivity contribution is -0.864. The third-order valence-corrected chi connectivity index (χ3v) is 15.7. The lowest BCUT2D eigenvalue weighted by Crippen LogP contribution is -2.54. The van der Waals surface area contributed by atoms with E-state index in [9.17, 15) is 31.6 Å². The molecule has 0 atom stereocenters. The van der Waals surface area contributed by atoms with E-state index in [-0.39, 0.29) is 58.7 Å². The van der Waals surface area contributed by atoms with Crippen LogP contribution < -0.4 is 20.6 Å². The number of rotatable bonds is 14. The molecular formula is C44H60N12O9S2. The predicted molar refractivity (Wildman–Crippen MR) is 254 cm³/mol. The summed E-state index contributed by atoms with van der Waals surface area (Å²) >= 11 is 0. The molecule has 2 N–H and O–H groups in total. The summed E-state index contributed by atoms with van der Waals surface area (Å²) in [6.45, 7) is 11.3. The summed E-state index contributed by atoms with van der Waals surface area (Å²) in [7, 11) is -0.616. The van der Waals surface area contributed by atoms with Gasteiger partial charge in [-0.15, -0.1) is 0 Å². The maximum atomic E-state index is 13.3. The number of aromatic amines is 2. The van der Waals surface area contributed by atoms with E-state index in [2.05, 4.69) is 30.0 Å². The molecule has 8 rings (SSSR count). The van der Waals surface area contributed by atoms with Crippen LogP contribution in [0.15, 0.2) is 55.8 Å². The largest absolute Gasteiger partial charge is 0.633 e. The van der Waals surface area contributed by atoms with Gasteiger partial charge in [-0.25, -0.2) is 26.8 Å². The molecule has 4 aromatic heterocycles. The monoisotopic (exact) mass is 964 g/mol. The van der Waals surface area contributed by atoms with Crippen LogP contribution in [0, 0.1) is 5.21 Å². The highest BCUT2D eigenvalue weighted by molar-refractivity contribution is 7.89. The summed E-state index contributed by atoms with van der Waals surface area (Å²) < 4.78 is 70.2. The Morgan fingerprint density at radius 3 is 1.43 bits per heavy atom. The van der Waals surface area contributed by atoms with E-state index in [4.69, 9.17) is 14.5 Å². The number of likely N-dealkylation sites (N-methyl/N-ethyl adjacent to an activating group) is 2. The van der Waals surface area contributed by atoms with Crippen LogP contribution in [-0.2, 0) is 47.0 Å². The Labute approximate surface area is 389 Å². The van der Waals surface area contributed by atoms with Crippen LogP contribution in [-0.4, -0.2) is 154 Å². The molecule has 21 nitrogen and oxygen atoms in total. The van der Waals surface area contributed by atoms with E-state index in [1.165, 1.54) is 30.1 Å². The quantitative estimate of drug-likeness (QED) is 0.118. The molecule has 0 spiro atoms. The van der Waals surface area contributed by atoms with E-state index in [0.29, 0.717) is 103 Å². The van der Waals surface area contributed by atoms with Gasteiger partial charge in [0, 0.05) is 40.3 Å². The smallest absolute Gasteiger partial charge is 0.277 e. The number of hydroxylamine groups is 3. The number of nitrogens with one attached hydrogen (secondary N) is 2. The summed E-state index contributed by atoms with van der Waals surface area (Å²) in [5.41, 5.74) is 3.31. The van der Waals surface area contributed by atoms with Gasteiger partial charge in [-0.3, -0.25) is 19.0 Å². The fourth-order valence-electron chi connectivity index (χ4n) is 8.27. The number of hydrogen-bond acceptors (Lipinski definition) is 14. The first-order chi connectivity index (χ1) is 31.8. The number of nitrogens with zero attached hydrogens (tertiary/aromatic N) is 10. The van der Waals surface area contributed by atoms with Gasteiger partial charge < -0.3 is 34.2 Å². The SMILES string of the molecule is CCCc1nn(C)c2c(=O)[nH]c(-c3cc(S(=O)(=O)N4CCN(C)CC4)ccc3OCC)nc12.CCCc1nn(C)c2c(=O)[nH]c(-c3cc(S(=O)(=O)N4CC[N+](C)([O-])CC4)ccc3OCC)nc12. The van der Waals surface area contributed by atoms with E-state index >= 15 is 0 Å². The maximum Gasteiger partial charge on any atom is 0.277 e. The number of benzene rings is 2. The van der Waals surface area contributed by atoms with E-state index < -0.39 is 24.7 Å². The standard InChI is InChI=1S/C22H30N6O5S.C22H30N6O4S/c1-5-7-17-19-20(26(3)25-17)22(29)24-21(23-19)16-14-15(8-9-18(16)33-6-2)34(31,32)27-10-12-28(4,30)13-11-27;1-5-7-17-19-20(27(4)25-17)22(29)24-21(23-19)16-14-15(8-9-18(16)32-6-2)33(30,31)28-12-10-26(3)11-13-28/h8-9,14H,5-7,10-13H2,1-4H3,(H,23,24,29);8-9,14H,5-7,10-13H2,1-4H3,(H,23,24,29).